The van der Waals surface area contributed by atoms with Gasteiger partial charge < -0.3 is 10.6 Å². The molecule has 2 N–H and O–H groups in total. The highest BCUT2D eigenvalue weighted by Gasteiger charge is 2.18. The number of nitrogens with zero attached hydrogens (tertiary/aromatic N) is 3. The summed E-state index contributed by atoms with van der Waals surface area (Å²) in [6.45, 7) is 3.32. The number of halogens is 1. The molecule has 1 aliphatic rings. The van der Waals surface area contributed by atoms with Crippen molar-refractivity contribution in [2.45, 2.75) is 20.1 Å². The summed E-state index contributed by atoms with van der Waals surface area (Å²) in [5.74, 6) is 5.95. The first-order chi connectivity index (χ1) is 18.5. The molecular formula is C30H26FN5O2. The van der Waals surface area contributed by atoms with Crippen molar-refractivity contribution in [3.05, 3.63) is 101 Å². The molecule has 0 bridgehead atoms. The van der Waals surface area contributed by atoms with Crippen molar-refractivity contribution < 1.29 is 14.0 Å². The minimum Gasteiger partial charge on any atom is -0.354 e. The lowest BCUT2D eigenvalue weighted by Gasteiger charge is -2.27. The molecule has 0 saturated carbocycles. The van der Waals surface area contributed by atoms with Crippen LogP contribution in [0.2, 0.25) is 0 Å². The summed E-state index contributed by atoms with van der Waals surface area (Å²) in [4.78, 5) is 35.3. The highest BCUT2D eigenvalue weighted by molar-refractivity contribution is 6.04. The van der Waals surface area contributed by atoms with Gasteiger partial charge in [-0.25, -0.2) is 4.39 Å². The van der Waals surface area contributed by atoms with Gasteiger partial charge in [-0.05, 0) is 60.0 Å². The molecule has 5 rings (SSSR count). The topological polar surface area (TPSA) is 87.2 Å². The highest BCUT2D eigenvalue weighted by Crippen LogP contribution is 2.21. The second kappa shape index (κ2) is 11.2. The molecule has 2 aromatic carbocycles. The lowest BCUT2D eigenvalue weighted by atomic mass is 10.0. The predicted octanol–water partition coefficient (Wildman–Crippen LogP) is 3.99. The van der Waals surface area contributed by atoms with E-state index in [1.165, 1.54) is 0 Å². The maximum Gasteiger partial charge on any atom is 0.255 e. The third-order valence-electron chi connectivity index (χ3n) is 6.46. The van der Waals surface area contributed by atoms with Crippen molar-refractivity contribution >= 4 is 28.4 Å². The number of hydrogen-bond donors (Lipinski definition) is 2. The zero-order valence-corrected chi connectivity index (χ0v) is 20.9. The minimum absolute atomic E-state index is 0.0328. The maximum absolute atomic E-state index is 13.8. The van der Waals surface area contributed by atoms with Gasteiger partial charge in [-0.1, -0.05) is 24.0 Å². The van der Waals surface area contributed by atoms with Crippen LogP contribution in [0.1, 0.15) is 38.2 Å². The number of fused-ring (bicyclic) bond motifs is 1. The molecule has 0 atom stereocenters. The highest BCUT2D eigenvalue weighted by atomic mass is 19.1. The van der Waals surface area contributed by atoms with Crippen molar-refractivity contribution in [1.82, 2.24) is 20.2 Å². The normalized spacial score (nSPS) is 13.5. The van der Waals surface area contributed by atoms with Gasteiger partial charge in [-0.3, -0.25) is 24.5 Å². The van der Waals surface area contributed by atoms with Crippen LogP contribution in [0.4, 0.5) is 10.1 Å². The van der Waals surface area contributed by atoms with E-state index >= 15 is 0 Å². The van der Waals surface area contributed by atoms with Crippen molar-refractivity contribution in [2.75, 3.05) is 25.0 Å². The van der Waals surface area contributed by atoms with Crippen LogP contribution in [0.5, 0.6) is 0 Å². The Morgan fingerprint density at radius 2 is 1.97 bits per heavy atom. The Hall–Kier alpha value is -4.61. The number of alkyl halides is 1. The molecule has 190 valence electrons. The van der Waals surface area contributed by atoms with Crippen LogP contribution in [0.3, 0.4) is 0 Å². The minimum atomic E-state index is -0.665. The summed E-state index contributed by atoms with van der Waals surface area (Å²) in [5.41, 5.74) is 5.37. The van der Waals surface area contributed by atoms with Gasteiger partial charge in [0.1, 0.15) is 6.67 Å². The van der Waals surface area contributed by atoms with E-state index in [-0.39, 0.29) is 18.4 Å². The molecule has 38 heavy (non-hydrogen) atoms. The third kappa shape index (κ3) is 5.69. The summed E-state index contributed by atoms with van der Waals surface area (Å²) in [7, 11) is 0. The van der Waals surface area contributed by atoms with E-state index in [9.17, 15) is 14.0 Å². The van der Waals surface area contributed by atoms with Gasteiger partial charge in [0.15, 0.2) is 0 Å². The largest absolute Gasteiger partial charge is 0.354 e. The second-order valence-corrected chi connectivity index (χ2v) is 9.17. The maximum atomic E-state index is 13.8. The van der Waals surface area contributed by atoms with E-state index in [2.05, 4.69) is 32.4 Å². The lowest BCUT2D eigenvalue weighted by Crippen LogP contribution is -2.47. The van der Waals surface area contributed by atoms with Gasteiger partial charge in [0.25, 0.3) is 5.91 Å². The Bertz CT molecular complexity index is 1590. The van der Waals surface area contributed by atoms with Crippen LogP contribution in [-0.4, -0.2) is 46.3 Å². The summed E-state index contributed by atoms with van der Waals surface area (Å²) in [6, 6.07) is 14.3. The Balaban J connectivity index is 1.33. The number of aromatic nitrogens is 2. The van der Waals surface area contributed by atoms with Gasteiger partial charge >= 0.3 is 0 Å². The molecule has 1 saturated heterocycles. The fourth-order valence-corrected chi connectivity index (χ4v) is 4.38. The second-order valence-electron chi connectivity index (χ2n) is 9.17. The van der Waals surface area contributed by atoms with Crippen LogP contribution in [0, 0.1) is 18.8 Å². The molecule has 2 aromatic heterocycles. The fourth-order valence-electron chi connectivity index (χ4n) is 4.38. The number of pyridine rings is 2. The van der Waals surface area contributed by atoms with Gasteiger partial charge in [0, 0.05) is 60.4 Å². The number of carbonyl (C=O) groups is 2. The van der Waals surface area contributed by atoms with Crippen LogP contribution in [0.25, 0.3) is 10.9 Å². The van der Waals surface area contributed by atoms with Gasteiger partial charge in [0.05, 0.1) is 17.6 Å². The SMILES string of the molecule is Cc1ccc(C(=O)Nc2ccc(CN3CCNC(=O)C3)c(CF)c2)cc1C#Cc1cncc2cccnc12. The first kappa shape index (κ1) is 25.1. The average molecular weight is 508 g/mol. The molecule has 0 aliphatic carbocycles. The molecule has 3 heterocycles. The van der Waals surface area contributed by atoms with Crippen molar-refractivity contribution in [2.24, 2.45) is 0 Å². The standard InChI is InChI=1S/C30H26FN5O2/c1-20-4-5-22(13-21(20)6-7-24-17-32-16-23-3-2-10-34-29(23)24)30(38)35-27-9-8-25(26(14-27)15-31)18-36-12-11-33-28(37)19-36/h2-5,8-10,13-14,16-17H,11-12,15,18-19H2,1H3,(H,33,37)(H,35,38). The van der Waals surface area contributed by atoms with Crippen molar-refractivity contribution in [1.29, 1.82) is 0 Å². The number of piperazine rings is 1. The monoisotopic (exact) mass is 507 g/mol. The molecule has 2 amide bonds. The quantitative estimate of drug-likeness (QED) is 0.399. The zero-order valence-electron chi connectivity index (χ0n) is 20.9. The molecule has 1 aliphatic heterocycles. The Morgan fingerprint density at radius 3 is 2.82 bits per heavy atom. The molecule has 1 fully saturated rings. The third-order valence-corrected chi connectivity index (χ3v) is 6.46. The summed E-state index contributed by atoms with van der Waals surface area (Å²) >= 11 is 0. The number of aryl methyl sites for hydroxylation is 1. The number of rotatable bonds is 5. The van der Waals surface area contributed by atoms with E-state index in [0.717, 1.165) is 27.6 Å². The number of carbonyl (C=O) groups excluding carboxylic acids is 2. The van der Waals surface area contributed by atoms with Crippen LogP contribution < -0.4 is 10.6 Å². The lowest BCUT2D eigenvalue weighted by molar-refractivity contribution is -0.124. The zero-order chi connectivity index (χ0) is 26.5. The van der Waals surface area contributed by atoms with Gasteiger partial charge in [-0.15, -0.1) is 0 Å². The Morgan fingerprint density at radius 1 is 1.11 bits per heavy atom. The smallest absolute Gasteiger partial charge is 0.255 e. The predicted molar refractivity (Wildman–Crippen MR) is 144 cm³/mol. The fraction of sp³-hybridized carbons (Fsp3) is 0.200. The summed E-state index contributed by atoms with van der Waals surface area (Å²) in [6.07, 6.45) is 5.15. The van der Waals surface area contributed by atoms with Crippen molar-refractivity contribution in [3.8, 4) is 11.8 Å². The van der Waals surface area contributed by atoms with Crippen LogP contribution >= 0.6 is 0 Å². The molecule has 0 unspecified atom stereocenters. The van der Waals surface area contributed by atoms with Crippen LogP contribution in [-0.2, 0) is 18.0 Å². The molecule has 7 nitrogen and oxygen atoms in total. The van der Waals surface area contributed by atoms with E-state index < -0.39 is 6.67 Å². The Kier molecular flexibility index (Phi) is 7.38. The first-order valence-corrected chi connectivity index (χ1v) is 12.3. The molecule has 8 heteroatoms. The summed E-state index contributed by atoms with van der Waals surface area (Å²) < 4.78 is 13.8. The van der Waals surface area contributed by atoms with E-state index in [0.29, 0.717) is 42.0 Å². The Labute approximate surface area is 220 Å². The van der Waals surface area contributed by atoms with Gasteiger partial charge in [-0.2, -0.15) is 0 Å². The van der Waals surface area contributed by atoms with E-state index in [4.69, 9.17) is 0 Å². The van der Waals surface area contributed by atoms with Crippen molar-refractivity contribution in [3.63, 3.8) is 0 Å². The number of hydrogen-bond acceptors (Lipinski definition) is 5. The van der Waals surface area contributed by atoms with E-state index in [1.54, 1.807) is 48.9 Å². The average Bonchev–Trinajstić information content (AvgIpc) is 2.93. The number of nitrogens with one attached hydrogen (secondary N) is 2. The first-order valence-electron chi connectivity index (χ1n) is 12.3. The number of amides is 2. The number of benzene rings is 2. The van der Waals surface area contributed by atoms with E-state index in [1.807, 2.05) is 30.0 Å². The molecule has 0 radical (unpaired) electrons. The molecule has 0 spiro atoms. The van der Waals surface area contributed by atoms with Crippen LogP contribution in [0.15, 0.2) is 67.1 Å². The molecule has 4 aromatic rings. The summed E-state index contributed by atoms with van der Waals surface area (Å²) in [5, 5.41) is 6.56. The molecular weight excluding hydrogens is 481 g/mol. The van der Waals surface area contributed by atoms with Gasteiger partial charge in [0.2, 0.25) is 5.91 Å². The number of anilines is 1.